The molecule has 0 unspecified atom stereocenters. The lowest BCUT2D eigenvalue weighted by Crippen LogP contribution is -2.30. The second-order valence-electron chi connectivity index (χ2n) is 4.75. The summed E-state index contributed by atoms with van der Waals surface area (Å²) in [7, 11) is 0. The zero-order valence-corrected chi connectivity index (χ0v) is 13.9. The number of hydrogen-bond acceptors (Lipinski definition) is 7. The van der Waals surface area contributed by atoms with Crippen molar-refractivity contribution in [3.05, 3.63) is 34.1 Å². The first-order valence-electron chi connectivity index (χ1n) is 6.91. The van der Waals surface area contributed by atoms with E-state index >= 15 is 0 Å². The molecule has 0 aromatic carbocycles. The van der Waals surface area contributed by atoms with Gasteiger partial charge in [0.2, 0.25) is 0 Å². The molecule has 134 valence electrons. The zero-order valence-electron chi connectivity index (χ0n) is 13.1. The van der Waals surface area contributed by atoms with Crippen LogP contribution in [0.3, 0.4) is 0 Å². The van der Waals surface area contributed by atoms with Gasteiger partial charge in [-0.3, -0.25) is 10.2 Å². The number of esters is 1. The van der Waals surface area contributed by atoms with Crippen molar-refractivity contribution in [2.75, 3.05) is 6.61 Å². The molecule has 11 heteroatoms. The van der Waals surface area contributed by atoms with E-state index in [9.17, 15) is 22.8 Å². The summed E-state index contributed by atoms with van der Waals surface area (Å²) in [6.07, 6.45) is -4.82. The minimum Gasteiger partial charge on any atom is -0.462 e. The molecule has 0 saturated heterocycles. The van der Waals surface area contributed by atoms with E-state index in [1.165, 1.54) is 19.2 Å². The average molecular weight is 374 g/mol. The number of hydrogen-bond donors (Lipinski definition) is 2. The van der Waals surface area contributed by atoms with E-state index in [0.29, 0.717) is 0 Å². The van der Waals surface area contributed by atoms with Crippen LogP contribution < -0.4 is 11.3 Å². The fraction of sp³-hybridized carbons (Fsp3) is 0.286. The minimum absolute atomic E-state index is 0.000479. The van der Waals surface area contributed by atoms with Crippen LogP contribution in [-0.2, 0) is 10.9 Å². The maximum absolute atomic E-state index is 13.2. The molecule has 0 atom stereocenters. The Bertz CT molecular complexity index is 820. The Balaban J connectivity index is 2.60. The normalized spacial score (nSPS) is 11.3. The van der Waals surface area contributed by atoms with Gasteiger partial charge in [0.15, 0.2) is 5.69 Å². The first kappa shape index (κ1) is 18.8. The van der Waals surface area contributed by atoms with Gasteiger partial charge in [-0.15, -0.1) is 11.3 Å². The zero-order chi connectivity index (χ0) is 18.8. The van der Waals surface area contributed by atoms with E-state index in [1.807, 2.05) is 5.43 Å². The summed E-state index contributed by atoms with van der Waals surface area (Å²) in [5, 5.41) is 1.61. The van der Waals surface area contributed by atoms with Crippen LogP contribution in [-0.4, -0.2) is 28.5 Å². The number of carbonyl (C=O) groups excluding carboxylic acids is 2. The van der Waals surface area contributed by atoms with Crippen molar-refractivity contribution in [1.29, 1.82) is 0 Å². The van der Waals surface area contributed by atoms with Gasteiger partial charge in [-0.2, -0.15) is 13.2 Å². The summed E-state index contributed by atoms with van der Waals surface area (Å²) in [4.78, 5) is 30.9. The summed E-state index contributed by atoms with van der Waals surface area (Å²) in [5.41, 5.74) is 0.0599. The molecule has 25 heavy (non-hydrogen) atoms. The number of nitrogens with zero attached hydrogens (tertiary/aromatic N) is 2. The van der Waals surface area contributed by atoms with Crippen LogP contribution in [0.25, 0.3) is 10.6 Å². The number of aromatic nitrogens is 2. The van der Waals surface area contributed by atoms with Crippen molar-refractivity contribution >= 4 is 23.2 Å². The quantitative estimate of drug-likeness (QED) is 0.368. The number of halogens is 3. The lowest BCUT2D eigenvalue weighted by atomic mass is 10.1. The molecule has 2 aromatic rings. The monoisotopic (exact) mass is 374 g/mol. The highest BCUT2D eigenvalue weighted by Crippen LogP contribution is 2.35. The van der Waals surface area contributed by atoms with Crippen molar-refractivity contribution in [3.8, 4) is 10.6 Å². The van der Waals surface area contributed by atoms with Crippen molar-refractivity contribution < 1.29 is 27.5 Å². The lowest BCUT2D eigenvalue weighted by molar-refractivity contribution is -0.141. The molecule has 2 aromatic heterocycles. The van der Waals surface area contributed by atoms with Crippen molar-refractivity contribution in [2.45, 2.75) is 20.0 Å². The second-order valence-corrected chi connectivity index (χ2v) is 5.61. The largest absolute Gasteiger partial charge is 0.462 e. The Kier molecular flexibility index (Phi) is 5.38. The van der Waals surface area contributed by atoms with Gasteiger partial charge >= 0.3 is 12.1 Å². The number of nitrogens with two attached hydrogens (primary N) is 1. The van der Waals surface area contributed by atoms with E-state index in [4.69, 9.17) is 5.84 Å². The highest BCUT2D eigenvalue weighted by atomic mass is 32.1. The standard InChI is InChI=1S/C14H13F3N4O3S/c1-3-24-13(23)8-4-7(6(2)19-10(8)14(15,16)17)12-20-9(5-25-12)11(22)21-18/h4-5H,3,18H2,1-2H3,(H,21,22). The molecule has 0 aliphatic rings. The minimum atomic E-state index is -4.82. The maximum atomic E-state index is 13.2. The van der Waals surface area contributed by atoms with Crippen molar-refractivity contribution in [1.82, 2.24) is 15.4 Å². The van der Waals surface area contributed by atoms with Gasteiger partial charge in [-0.05, 0) is 19.9 Å². The third-order valence-electron chi connectivity index (χ3n) is 3.08. The summed E-state index contributed by atoms with van der Waals surface area (Å²) >= 11 is 1.01. The molecule has 2 heterocycles. The maximum Gasteiger partial charge on any atom is 0.434 e. The summed E-state index contributed by atoms with van der Waals surface area (Å²) in [5.74, 6) is 3.23. The van der Waals surface area contributed by atoms with Crippen LogP contribution in [0.2, 0.25) is 0 Å². The molecule has 0 fully saturated rings. The Morgan fingerprint density at radius 2 is 2.04 bits per heavy atom. The highest BCUT2D eigenvalue weighted by Gasteiger charge is 2.38. The number of pyridine rings is 1. The van der Waals surface area contributed by atoms with Crippen molar-refractivity contribution in [3.63, 3.8) is 0 Å². The average Bonchev–Trinajstić information content (AvgIpc) is 3.02. The van der Waals surface area contributed by atoms with Gasteiger partial charge in [-0.1, -0.05) is 0 Å². The number of ether oxygens (including phenoxy) is 1. The Morgan fingerprint density at radius 1 is 1.36 bits per heavy atom. The van der Waals surface area contributed by atoms with Crippen molar-refractivity contribution in [2.24, 2.45) is 5.84 Å². The summed E-state index contributed by atoms with van der Waals surface area (Å²) in [6, 6.07) is 1.02. The topological polar surface area (TPSA) is 107 Å². The lowest BCUT2D eigenvalue weighted by Gasteiger charge is -2.14. The second kappa shape index (κ2) is 7.15. The Labute approximate surface area is 144 Å². The van der Waals surface area contributed by atoms with Gasteiger partial charge in [0.05, 0.1) is 12.2 Å². The van der Waals surface area contributed by atoms with Gasteiger partial charge in [0.25, 0.3) is 5.91 Å². The van der Waals surface area contributed by atoms with E-state index in [1.54, 1.807) is 0 Å². The summed E-state index contributed by atoms with van der Waals surface area (Å²) < 4.78 is 44.2. The highest BCUT2D eigenvalue weighted by molar-refractivity contribution is 7.13. The van der Waals surface area contributed by atoms with E-state index in [2.05, 4.69) is 14.7 Å². The third-order valence-corrected chi connectivity index (χ3v) is 3.95. The molecule has 0 aliphatic carbocycles. The first-order chi connectivity index (χ1) is 11.7. The predicted octanol–water partition coefficient (Wildman–Crippen LogP) is 2.31. The molecule has 3 N–H and O–H groups in total. The summed E-state index contributed by atoms with van der Waals surface area (Å²) in [6.45, 7) is 2.74. The smallest absolute Gasteiger partial charge is 0.434 e. The number of hydrazine groups is 1. The number of alkyl halides is 3. The van der Waals surface area contributed by atoms with E-state index < -0.39 is 29.3 Å². The third kappa shape index (κ3) is 3.94. The van der Waals surface area contributed by atoms with Gasteiger partial charge < -0.3 is 4.74 Å². The molecular formula is C14H13F3N4O3S. The molecule has 0 saturated carbocycles. The van der Waals surface area contributed by atoms with Gasteiger partial charge in [-0.25, -0.2) is 20.6 Å². The Hall–Kier alpha value is -2.53. The number of nitrogens with one attached hydrogen (secondary N) is 1. The molecule has 0 aliphatic heterocycles. The molecule has 0 bridgehead atoms. The van der Waals surface area contributed by atoms with Crippen LogP contribution in [0, 0.1) is 6.92 Å². The number of thiazole rings is 1. The number of rotatable bonds is 4. The molecular weight excluding hydrogens is 361 g/mol. The number of amides is 1. The fourth-order valence-electron chi connectivity index (χ4n) is 1.98. The molecule has 0 spiro atoms. The van der Waals surface area contributed by atoms with E-state index in [-0.39, 0.29) is 28.6 Å². The Morgan fingerprint density at radius 3 is 2.60 bits per heavy atom. The molecule has 1 amide bonds. The van der Waals surface area contributed by atoms with Crippen LogP contribution in [0.5, 0.6) is 0 Å². The fourth-order valence-corrected chi connectivity index (χ4v) is 2.85. The van der Waals surface area contributed by atoms with Crippen LogP contribution >= 0.6 is 11.3 Å². The first-order valence-corrected chi connectivity index (χ1v) is 7.79. The van der Waals surface area contributed by atoms with Gasteiger partial charge in [0, 0.05) is 16.6 Å². The molecule has 0 radical (unpaired) electrons. The SMILES string of the molecule is CCOC(=O)c1cc(-c2nc(C(=O)NN)cs2)c(C)nc1C(F)(F)F. The molecule has 2 rings (SSSR count). The van der Waals surface area contributed by atoms with E-state index in [0.717, 1.165) is 17.4 Å². The number of nitrogen functional groups attached to an aromatic ring is 1. The van der Waals surface area contributed by atoms with Crippen LogP contribution in [0.4, 0.5) is 13.2 Å². The van der Waals surface area contributed by atoms with Crippen LogP contribution in [0.1, 0.15) is 39.2 Å². The molecule has 7 nitrogen and oxygen atoms in total. The van der Waals surface area contributed by atoms with Gasteiger partial charge in [0.1, 0.15) is 10.7 Å². The number of aryl methyl sites for hydroxylation is 1. The van der Waals surface area contributed by atoms with Crippen LogP contribution in [0.15, 0.2) is 11.4 Å². The number of carbonyl (C=O) groups is 2. The predicted molar refractivity (Wildman–Crippen MR) is 82.7 cm³/mol.